The fraction of sp³-hybridized carbons (Fsp3) is 0.182. The van der Waals surface area contributed by atoms with E-state index < -0.39 is 0 Å². The minimum absolute atomic E-state index is 0.523. The molecule has 0 amide bonds. The van der Waals surface area contributed by atoms with E-state index in [4.69, 9.17) is 25.8 Å². The Bertz CT molecular complexity index is 1250. The summed E-state index contributed by atoms with van der Waals surface area (Å²) in [6.07, 6.45) is 0. The molecule has 152 valence electrons. The summed E-state index contributed by atoms with van der Waals surface area (Å²) >= 11 is 6.78. The third-order valence-corrected chi connectivity index (χ3v) is 5.39. The number of rotatable bonds is 4. The molecule has 2 aromatic heterocycles. The Morgan fingerprint density at radius 2 is 1.90 bits per heavy atom. The minimum atomic E-state index is 0.523. The average Bonchev–Trinajstić information content (AvgIpc) is 3.09. The third-order valence-electron chi connectivity index (χ3n) is 4.99. The van der Waals surface area contributed by atoms with Gasteiger partial charge in [-0.25, -0.2) is 4.98 Å². The number of pyridine rings is 1. The van der Waals surface area contributed by atoms with Crippen LogP contribution in [-0.4, -0.2) is 35.1 Å². The van der Waals surface area contributed by atoms with E-state index in [1.54, 1.807) is 11.8 Å². The lowest BCUT2D eigenvalue weighted by molar-refractivity contribution is 0.171. The average molecular weight is 423 g/mol. The van der Waals surface area contributed by atoms with Gasteiger partial charge in [-0.15, -0.1) is 0 Å². The Kier molecular flexibility index (Phi) is 4.59. The molecule has 0 spiro atoms. The number of hydrogen-bond acceptors (Lipinski definition) is 6. The highest BCUT2D eigenvalue weighted by molar-refractivity contribution is 6.36. The van der Waals surface area contributed by atoms with E-state index in [9.17, 15) is 0 Å². The standard InChI is InChI=1S/C22H19ClN4O3/c1-27-16-7-9-19(28-2)25-21(16)22(26-27)24-15-5-3-4-14(20(15)23)13-6-8-17-18(12-13)30-11-10-29-17/h3-9,12H,10-11H2,1-2H3,(H,24,26). The molecule has 0 radical (unpaired) electrons. The zero-order valence-corrected chi connectivity index (χ0v) is 17.2. The second-order valence-electron chi connectivity index (χ2n) is 6.84. The van der Waals surface area contributed by atoms with Crippen molar-refractivity contribution in [3.05, 3.63) is 53.6 Å². The van der Waals surface area contributed by atoms with Crippen LogP contribution in [0.15, 0.2) is 48.5 Å². The quantitative estimate of drug-likeness (QED) is 0.508. The maximum absolute atomic E-state index is 6.78. The maximum Gasteiger partial charge on any atom is 0.213 e. The van der Waals surface area contributed by atoms with Gasteiger partial charge in [0.15, 0.2) is 17.3 Å². The smallest absolute Gasteiger partial charge is 0.213 e. The summed E-state index contributed by atoms with van der Waals surface area (Å²) in [5.74, 6) is 2.60. The van der Waals surface area contributed by atoms with Crippen molar-refractivity contribution < 1.29 is 14.2 Å². The number of hydrogen-bond donors (Lipinski definition) is 1. The van der Waals surface area contributed by atoms with E-state index >= 15 is 0 Å². The molecule has 1 aliphatic rings. The molecule has 1 N–H and O–H groups in total. The minimum Gasteiger partial charge on any atom is -0.486 e. The largest absolute Gasteiger partial charge is 0.486 e. The van der Waals surface area contributed by atoms with E-state index in [1.165, 1.54) is 0 Å². The number of benzene rings is 2. The van der Waals surface area contributed by atoms with Crippen molar-refractivity contribution in [1.29, 1.82) is 0 Å². The van der Waals surface area contributed by atoms with E-state index in [2.05, 4.69) is 15.4 Å². The maximum atomic E-state index is 6.78. The summed E-state index contributed by atoms with van der Waals surface area (Å²) in [5.41, 5.74) is 4.15. The van der Waals surface area contributed by atoms with Crippen molar-refractivity contribution in [2.24, 2.45) is 7.05 Å². The van der Waals surface area contributed by atoms with Gasteiger partial charge in [-0.3, -0.25) is 4.68 Å². The molecule has 0 aliphatic carbocycles. The van der Waals surface area contributed by atoms with Crippen LogP contribution in [0.4, 0.5) is 11.5 Å². The zero-order valence-electron chi connectivity index (χ0n) is 16.5. The lowest BCUT2D eigenvalue weighted by Gasteiger charge is -2.19. The highest BCUT2D eigenvalue weighted by Crippen LogP contribution is 2.40. The lowest BCUT2D eigenvalue weighted by Crippen LogP contribution is -2.15. The number of ether oxygens (including phenoxy) is 3. The summed E-state index contributed by atoms with van der Waals surface area (Å²) in [4.78, 5) is 4.53. The fourth-order valence-electron chi connectivity index (χ4n) is 3.51. The molecular weight excluding hydrogens is 404 g/mol. The molecule has 1 aliphatic heterocycles. The topological polar surface area (TPSA) is 70.4 Å². The van der Waals surface area contributed by atoms with Crippen LogP contribution in [0.1, 0.15) is 0 Å². The number of nitrogens with zero attached hydrogens (tertiary/aromatic N) is 3. The number of aryl methyl sites for hydroxylation is 1. The molecule has 8 heteroatoms. The first kappa shape index (κ1) is 18.6. The number of anilines is 2. The number of aromatic nitrogens is 3. The molecule has 0 saturated carbocycles. The van der Waals surface area contributed by atoms with E-state index in [1.807, 2.05) is 55.6 Å². The summed E-state index contributed by atoms with van der Waals surface area (Å²) in [6.45, 7) is 1.10. The predicted molar refractivity (Wildman–Crippen MR) is 116 cm³/mol. The second-order valence-corrected chi connectivity index (χ2v) is 7.22. The van der Waals surface area contributed by atoms with Crippen LogP contribution in [0.5, 0.6) is 17.4 Å². The summed E-state index contributed by atoms with van der Waals surface area (Å²) in [5, 5.41) is 8.46. The van der Waals surface area contributed by atoms with Crippen LogP contribution in [0.3, 0.4) is 0 Å². The van der Waals surface area contributed by atoms with Crippen molar-refractivity contribution >= 4 is 34.1 Å². The first-order valence-corrected chi connectivity index (χ1v) is 9.85. The van der Waals surface area contributed by atoms with Gasteiger partial charge in [-0.05, 0) is 29.8 Å². The molecule has 0 saturated heterocycles. The SMILES string of the molecule is COc1ccc2c(n1)c(Nc1cccc(-c3ccc4c(c3)OCCO4)c1Cl)nn2C. The first-order chi connectivity index (χ1) is 14.6. The van der Waals surface area contributed by atoms with Gasteiger partial charge >= 0.3 is 0 Å². The van der Waals surface area contributed by atoms with Crippen molar-refractivity contribution in [2.45, 2.75) is 0 Å². The molecule has 3 heterocycles. The van der Waals surface area contributed by atoms with E-state index in [0.29, 0.717) is 35.5 Å². The summed E-state index contributed by atoms with van der Waals surface area (Å²) < 4.78 is 18.3. The third kappa shape index (κ3) is 3.17. The molecule has 7 nitrogen and oxygen atoms in total. The van der Waals surface area contributed by atoms with Crippen LogP contribution >= 0.6 is 11.6 Å². The Balaban J connectivity index is 1.54. The van der Waals surface area contributed by atoms with E-state index in [0.717, 1.165) is 33.8 Å². The number of fused-ring (bicyclic) bond motifs is 2. The molecule has 4 aromatic rings. The van der Waals surface area contributed by atoms with Crippen molar-refractivity contribution in [3.8, 4) is 28.5 Å². The molecule has 0 bridgehead atoms. The van der Waals surface area contributed by atoms with E-state index in [-0.39, 0.29) is 0 Å². The van der Waals surface area contributed by atoms with Crippen LogP contribution in [0, 0.1) is 0 Å². The Morgan fingerprint density at radius 1 is 1.07 bits per heavy atom. The number of halogens is 1. The first-order valence-electron chi connectivity index (χ1n) is 9.47. The summed E-state index contributed by atoms with van der Waals surface area (Å²) in [6, 6.07) is 15.4. The highest BCUT2D eigenvalue weighted by Gasteiger charge is 2.17. The van der Waals surface area contributed by atoms with Crippen LogP contribution in [0.25, 0.3) is 22.2 Å². The van der Waals surface area contributed by atoms with Crippen LogP contribution in [-0.2, 0) is 7.05 Å². The van der Waals surface area contributed by atoms with Crippen molar-refractivity contribution in [3.63, 3.8) is 0 Å². The van der Waals surface area contributed by atoms with Gasteiger partial charge in [0.2, 0.25) is 5.88 Å². The molecule has 0 atom stereocenters. The normalized spacial score (nSPS) is 12.8. The lowest BCUT2D eigenvalue weighted by atomic mass is 10.0. The van der Waals surface area contributed by atoms with Gasteiger partial charge in [0, 0.05) is 18.7 Å². The fourth-order valence-corrected chi connectivity index (χ4v) is 3.79. The molecule has 0 unspecified atom stereocenters. The van der Waals surface area contributed by atoms with Gasteiger partial charge in [-0.1, -0.05) is 29.8 Å². The molecule has 5 rings (SSSR count). The van der Waals surface area contributed by atoms with Crippen molar-refractivity contribution in [2.75, 3.05) is 25.6 Å². The van der Waals surface area contributed by atoms with Crippen LogP contribution < -0.4 is 19.5 Å². The molecular formula is C22H19ClN4O3. The second kappa shape index (κ2) is 7.42. The van der Waals surface area contributed by atoms with Gasteiger partial charge in [0.25, 0.3) is 0 Å². The Morgan fingerprint density at radius 3 is 2.73 bits per heavy atom. The Hall–Kier alpha value is -3.45. The van der Waals surface area contributed by atoms with Crippen LogP contribution in [0.2, 0.25) is 5.02 Å². The monoisotopic (exact) mass is 422 g/mol. The summed E-state index contributed by atoms with van der Waals surface area (Å²) in [7, 11) is 3.46. The highest BCUT2D eigenvalue weighted by atomic mass is 35.5. The predicted octanol–water partition coefficient (Wildman–Crippen LogP) is 4.81. The zero-order chi connectivity index (χ0) is 20.7. The molecule has 30 heavy (non-hydrogen) atoms. The van der Waals surface area contributed by atoms with Gasteiger partial charge in [-0.2, -0.15) is 5.10 Å². The van der Waals surface area contributed by atoms with Crippen molar-refractivity contribution in [1.82, 2.24) is 14.8 Å². The van der Waals surface area contributed by atoms with Gasteiger partial charge in [0.1, 0.15) is 18.7 Å². The van der Waals surface area contributed by atoms with Gasteiger partial charge < -0.3 is 19.5 Å². The molecule has 2 aromatic carbocycles. The Labute approximate surface area is 178 Å². The van der Waals surface area contributed by atoms with Gasteiger partial charge in [0.05, 0.1) is 23.3 Å². The number of nitrogens with one attached hydrogen (secondary N) is 1. The molecule has 0 fully saturated rings. The number of methoxy groups -OCH3 is 1.